The molecule has 1 amide bonds. The Morgan fingerprint density at radius 3 is 2.89 bits per heavy atom. The molecule has 1 N–H and O–H groups in total. The fourth-order valence-corrected chi connectivity index (χ4v) is 2.24. The Balaban J connectivity index is 1.89. The Hall–Kier alpha value is -1.91. The molecule has 1 aliphatic carbocycles. The van der Waals surface area contributed by atoms with Gasteiger partial charge in [-0.15, -0.1) is 0 Å². The fraction of sp³-hybridized carbons (Fsp3) is 0.462. The third kappa shape index (κ3) is 1.85. The average Bonchev–Trinajstić information content (AvgIpc) is 2.56. The summed E-state index contributed by atoms with van der Waals surface area (Å²) in [6.45, 7) is 3.83. The largest absolute Gasteiger partial charge is 0.324 e. The number of aromatic nitrogens is 3. The third-order valence-electron chi connectivity index (χ3n) is 3.47. The van der Waals surface area contributed by atoms with E-state index in [0.29, 0.717) is 0 Å². The van der Waals surface area contributed by atoms with Gasteiger partial charge in [-0.1, -0.05) is 6.42 Å². The number of nitrogens with one attached hydrogen (secondary N) is 1. The van der Waals surface area contributed by atoms with E-state index in [1.165, 1.54) is 6.42 Å². The molecule has 0 aliphatic heterocycles. The van der Waals surface area contributed by atoms with Gasteiger partial charge in [-0.05, 0) is 38.3 Å². The highest BCUT2D eigenvalue weighted by Crippen LogP contribution is 2.27. The second-order valence-corrected chi connectivity index (χ2v) is 4.96. The maximum Gasteiger partial charge on any atom is 0.227 e. The Labute approximate surface area is 105 Å². The highest BCUT2D eigenvalue weighted by atomic mass is 16.1. The number of hydrogen-bond donors (Lipinski definition) is 1. The maximum absolute atomic E-state index is 11.9. The average molecular weight is 244 g/mol. The number of hydrogen-bond acceptors (Lipinski definition) is 3. The number of fused-ring (bicyclic) bond motifs is 1. The maximum atomic E-state index is 11.9. The lowest BCUT2D eigenvalue weighted by Gasteiger charge is -2.24. The molecule has 0 aromatic carbocycles. The molecule has 18 heavy (non-hydrogen) atoms. The lowest BCUT2D eigenvalue weighted by atomic mass is 9.85. The molecule has 0 radical (unpaired) electrons. The van der Waals surface area contributed by atoms with Crippen molar-refractivity contribution in [1.82, 2.24) is 14.6 Å². The smallest absolute Gasteiger partial charge is 0.227 e. The van der Waals surface area contributed by atoms with E-state index in [1.807, 2.05) is 26.1 Å². The van der Waals surface area contributed by atoms with E-state index in [1.54, 1.807) is 4.52 Å². The van der Waals surface area contributed by atoms with Crippen molar-refractivity contribution >= 4 is 17.2 Å². The van der Waals surface area contributed by atoms with Crippen molar-refractivity contribution in [2.45, 2.75) is 33.1 Å². The van der Waals surface area contributed by atoms with E-state index in [2.05, 4.69) is 15.4 Å². The topological polar surface area (TPSA) is 59.3 Å². The van der Waals surface area contributed by atoms with Gasteiger partial charge in [-0.3, -0.25) is 4.79 Å². The Morgan fingerprint density at radius 1 is 1.44 bits per heavy atom. The monoisotopic (exact) mass is 244 g/mol. The van der Waals surface area contributed by atoms with Crippen molar-refractivity contribution in [3.63, 3.8) is 0 Å². The van der Waals surface area contributed by atoms with Crippen LogP contribution in [0.2, 0.25) is 0 Å². The number of anilines is 1. The highest BCUT2D eigenvalue weighted by molar-refractivity contribution is 5.93. The van der Waals surface area contributed by atoms with Gasteiger partial charge in [0.25, 0.3) is 0 Å². The normalized spacial score (nSPS) is 15.7. The molecule has 2 aromatic heterocycles. The summed E-state index contributed by atoms with van der Waals surface area (Å²) in [5.41, 5.74) is 2.65. The molecule has 5 nitrogen and oxygen atoms in total. The number of amides is 1. The standard InChI is InChI=1S/C13H16N4O/c1-8-6-11(15-13(18)10-4-3-5-10)7-17-12(8)14-9(2)16-17/h6-7,10H,3-5H2,1-2H3,(H,15,18). The first-order valence-corrected chi connectivity index (χ1v) is 6.28. The summed E-state index contributed by atoms with van der Waals surface area (Å²) in [5.74, 6) is 1.05. The molecule has 1 aliphatic rings. The summed E-state index contributed by atoms with van der Waals surface area (Å²) in [7, 11) is 0. The number of pyridine rings is 1. The Kier molecular flexibility index (Phi) is 2.54. The minimum absolute atomic E-state index is 0.122. The second-order valence-electron chi connectivity index (χ2n) is 4.96. The summed E-state index contributed by atoms with van der Waals surface area (Å²) in [6, 6.07) is 1.94. The molecular weight excluding hydrogens is 228 g/mol. The lowest BCUT2D eigenvalue weighted by Crippen LogP contribution is -2.28. The van der Waals surface area contributed by atoms with Crippen molar-refractivity contribution in [3.05, 3.63) is 23.7 Å². The van der Waals surface area contributed by atoms with Gasteiger partial charge in [0.1, 0.15) is 5.82 Å². The molecule has 0 unspecified atom stereocenters. The van der Waals surface area contributed by atoms with Crippen molar-refractivity contribution in [1.29, 1.82) is 0 Å². The van der Waals surface area contributed by atoms with Crippen molar-refractivity contribution in [2.75, 3.05) is 5.32 Å². The van der Waals surface area contributed by atoms with Crippen LogP contribution in [0.15, 0.2) is 12.3 Å². The van der Waals surface area contributed by atoms with Gasteiger partial charge in [0.15, 0.2) is 5.65 Å². The van der Waals surface area contributed by atoms with E-state index >= 15 is 0 Å². The SMILES string of the molecule is Cc1nc2c(C)cc(NC(=O)C3CCC3)cn2n1. The number of carbonyl (C=O) groups is 1. The summed E-state index contributed by atoms with van der Waals surface area (Å²) in [5, 5.41) is 7.23. The Bertz CT molecular complexity index is 613. The van der Waals surface area contributed by atoms with Gasteiger partial charge in [0.05, 0.1) is 11.9 Å². The molecule has 1 saturated carbocycles. The molecule has 2 heterocycles. The van der Waals surface area contributed by atoms with Crippen LogP contribution >= 0.6 is 0 Å². The van der Waals surface area contributed by atoms with Crippen LogP contribution in [0.1, 0.15) is 30.7 Å². The second kappa shape index (κ2) is 4.08. The van der Waals surface area contributed by atoms with Gasteiger partial charge >= 0.3 is 0 Å². The summed E-state index contributed by atoms with van der Waals surface area (Å²) in [6.07, 6.45) is 5.00. The fourth-order valence-electron chi connectivity index (χ4n) is 2.24. The first-order valence-electron chi connectivity index (χ1n) is 6.28. The summed E-state index contributed by atoms with van der Waals surface area (Å²) in [4.78, 5) is 16.2. The van der Waals surface area contributed by atoms with Gasteiger partial charge in [0, 0.05) is 5.92 Å². The van der Waals surface area contributed by atoms with Crippen LogP contribution < -0.4 is 5.32 Å². The van der Waals surface area contributed by atoms with Crippen molar-refractivity contribution in [2.24, 2.45) is 5.92 Å². The van der Waals surface area contributed by atoms with Gasteiger partial charge in [0.2, 0.25) is 5.91 Å². The molecule has 0 saturated heterocycles. The minimum Gasteiger partial charge on any atom is -0.324 e. The third-order valence-corrected chi connectivity index (χ3v) is 3.47. The van der Waals surface area contributed by atoms with Gasteiger partial charge < -0.3 is 5.32 Å². The molecule has 2 aromatic rings. The van der Waals surface area contributed by atoms with E-state index < -0.39 is 0 Å². The first-order chi connectivity index (χ1) is 8.63. The number of nitrogens with zero attached hydrogens (tertiary/aromatic N) is 3. The number of carbonyl (C=O) groups excluding carboxylic acids is 1. The molecule has 0 bridgehead atoms. The molecule has 0 atom stereocenters. The van der Waals surface area contributed by atoms with Gasteiger partial charge in [-0.25, -0.2) is 9.50 Å². The lowest BCUT2D eigenvalue weighted by molar-refractivity contribution is -0.122. The molecule has 0 spiro atoms. The molecule has 3 rings (SSSR count). The minimum atomic E-state index is 0.122. The van der Waals surface area contributed by atoms with Crippen LogP contribution in [0.4, 0.5) is 5.69 Å². The highest BCUT2D eigenvalue weighted by Gasteiger charge is 2.25. The predicted molar refractivity (Wildman–Crippen MR) is 68.4 cm³/mol. The van der Waals surface area contributed by atoms with Crippen LogP contribution in [-0.2, 0) is 4.79 Å². The van der Waals surface area contributed by atoms with Crippen LogP contribution in [0.25, 0.3) is 5.65 Å². The van der Waals surface area contributed by atoms with E-state index in [9.17, 15) is 4.79 Å². The Morgan fingerprint density at radius 2 is 2.22 bits per heavy atom. The molecule has 94 valence electrons. The van der Waals surface area contributed by atoms with Crippen LogP contribution in [0.3, 0.4) is 0 Å². The van der Waals surface area contributed by atoms with Crippen molar-refractivity contribution in [3.8, 4) is 0 Å². The van der Waals surface area contributed by atoms with E-state index in [-0.39, 0.29) is 11.8 Å². The zero-order valence-electron chi connectivity index (χ0n) is 10.6. The predicted octanol–water partition coefficient (Wildman–Crippen LogP) is 2.08. The van der Waals surface area contributed by atoms with Crippen LogP contribution in [0, 0.1) is 19.8 Å². The summed E-state index contributed by atoms with van der Waals surface area (Å²) >= 11 is 0. The number of aryl methyl sites for hydroxylation is 2. The van der Waals surface area contributed by atoms with E-state index in [4.69, 9.17) is 0 Å². The quantitative estimate of drug-likeness (QED) is 0.880. The summed E-state index contributed by atoms with van der Waals surface area (Å²) < 4.78 is 1.72. The van der Waals surface area contributed by atoms with Crippen LogP contribution in [0.5, 0.6) is 0 Å². The van der Waals surface area contributed by atoms with Gasteiger partial charge in [-0.2, -0.15) is 5.10 Å². The number of rotatable bonds is 2. The molecular formula is C13H16N4O. The molecule has 1 fully saturated rings. The zero-order chi connectivity index (χ0) is 12.7. The zero-order valence-corrected chi connectivity index (χ0v) is 10.6. The van der Waals surface area contributed by atoms with E-state index in [0.717, 1.165) is 35.6 Å². The van der Waals surface area contributed by atoms with Crippen molar-refractivity contribution < 1.29 is 4.79 Å². The molecule has 5 heteroatoms. The first kappa shape index (κ1) is 11.2. The van der Waals surface area contributed by atoms with Crippen LogP contribution in [-0.4, -0.2) is 20.5 Å².